The van der Waals surface area contributed by atoms with Crippen LogP contribution in [0.4, 0.5) is 5.69 Å². The molecule has 1 heterocycles. The van der Waals surface area contributed by atoms with Gasteiger partial charge in [-0.3, -0.25) is 9.59 Å². The van der Waals surface area contributed by atoms with Crippen molar-refractivity contribution in [1.82, 2.24) is 5.32 Å². The van der Waals surface area contributed by atoms with Gasteiger partial charge < -0.3 is 15.4 Å². The Labute approximate surface area is 116 Å². The van der Waals surface area contributed by atoms with E-state index in [2.05, 4.69) is 10.6 Å². The van der Waals surface area contributed by atoms with Crippen molar-refractivity contribution in [2.24, 2.45) is 0 Å². The molecule has 1 aliphatic heterocycles. The van der Waals surface area contributed by atoms with Gasteiger partial charge in [0.05, 0.1) is 17.9 Å². The van der Waals surface area contributed by atoms with Crippen molar-refractivity contribution in [3.8, 4) is 0 Å². The molecule has 0 saturated carbocycles. The fraction of sp³-hybridized carbons (Fsp3) is 0.357. The normalized spacial score (nSPS) is 17.4. The Hall–Kier alpha value is -2.37. The van der Waals surface area contributed by atoms with Gasteiger partial charge in [-0.05, 0) is 25.5 Å². The second-order valence-corrected chi connectivity index (χ2v) is 4.41. The molecule has 1 fully saturated rings. The first-order chi connectivity index (χ1) is 9.61. The van der Waals surface area contributed by atoms with Gasteiger partial charge in [-0.2, -0.15) is 0 Å². The fourth-order valence-electron chi connectivity index (χ4n) is 2.01. The second kappa shape index (κ2) is 6.18. The molecule has 1 aliphatic rings. The first-order valence-electron chi connectivity index (χ1n) is 6.48. The van der Waals surface area contributed by atoms with Gasteiger partial charge in [-0.15, -0.1) is 0 Å². The molecule has 1 unspecified atom stereocenters. The summed E-state index contributed by atoms with van der Waals surface area (Å²) in [6, 6.07) is 6.07. The number of benzene rings is 1. The summed E-state index contributed by atoms with van der Waals surface area (Å²) in [6.07, 6.45) is 0.809. The molecule has 1 aromatic carbocycles. The van der Waals surface area contributed by atoms with Crippen molar-refractivity contribution >= 4 is 23.5 Å². The van der Waals surface area contributed by atoms with Crippen molar-refractivity contribution in [3.05, 3.63) is 29.8 Å². The molecule has 6 nitrogen and oxygen atoms in total. The molecular weight excluding hydrogens is 260 g/mol. The summed E-state index contributed by atoms with van der Waals surface area (Å²) in [7, 11) is 0. The van der Waals surface area contributed by atoms with Crippen molar-refractivity contribution in [3.63, 3.8) is 0 Å². The zero-order chi connectivity index (χ0) is 14.5. The molecule has 0 bridgehead atoms. The molecule has 6 heteroatoms. The van der Waals surface area contributed by atoms with Gasteiger partial charge in [-0.25, -0.2) is 4.79 Å². The molecule has 2 rings (SSSR count). The minimum atomic E-state index is -0.544. The van der Waals surface area contributed by atoms with Gasteiger partial charge in [0, 0.05) is 6.42 Å². The number of ether oxygens (including phenoxy) is 1. The lowest BCUT2D eigenvalue weighted by Gasteiger charge is -2.13. The summed E-state index contributed by atoms with van der Waals surface area (Å²) in [4.78, 5) is 34.9. The smallest absolute Gasteiger partial charge is 0.340 e. The maximum Gasteiger partial charge on any atom is 0.340 e. The van der Waals surface area contributed by atoms with Crippen LogP contribution in [-0.2, 0) is 14.3 Å². The van der Waals surface area contributed by atoms with Gasteiger partial charge in [0.15, 0.2) is 0 Å². The molecule has 1 saturated heterocycles. The minimum Gasteiger partial charge on any atom is -0.462 e. The first-order valence-corrected chi connectivity index (χ1v) is 6.48. The number of para-hydroxylation sites is 1. The Bertz CT molecular complexity index is 542. The predicted molar refractivity (Wildman–Crippen MR) is 72.2 cm³/mol. The molecule has 2 N–H and O–H groups in total. The largest absolute Gasteiger partial charge is 0.462 e. The van der Waals surface area contributed by atoms with Crippen molar-refractivity contribution in [1.29, 1.82) is 0 Å². The summed E-state index contributed by atoms with van der Waals surface area (Å²) >= 11 is 0. The first kappa shape index (κ1) is 14.0. The number of rotatable bonds is 4. The molecule has 0 aliphatic carbocycles. The number of hydrogen-bond donors (Lipinski definition) is 2. The average Bonchev–Trinajstić information content (AvgIpc) is 2.86. The maximum absolute atomic E-state index is 12.0. The fourth-order valence-corrected chi connectivity index (χ4v) is 2.01. The van der Waals surface area contributed by atoms with Crippen molar-refractivity contribution in [2.45, 2.75) is 25.8 Å². The van der Waals surface area contributed by atoms with Crippen LogP contribution in [0.2, 0.25) is 0 Å². The summed E-state index contributed by atoms with van der Waals surface area (Å²) in [6.45, 7) is 1.98. The Kier molecular flexibility index (Phi) is 4.34. The Morgan fingerprint density at radius 1 is 1.40 bits per heavy atom. The van der Waals surface area contributed by atoms with E-state index in [1.54, 1.807) is 31.2 Å². The van der Waals surface area contributed by atoms with E-state index in [1.807, 2.05) is 0 Å². The van der Waals surface area contributed by atoms with Crippen LogP contribution in [0.3, 0.4) is 0 Å². The Morgan fingerprint density at radius 2 is 2.15 bits per heavy atom. The highest BCUT2D eigenvalue weighted by Crippen LogP contribution is 2.18. The zero-order valence-corrected chi connectivity index (χ0v) is 11.1. The van der Waals surface area contributed by atoms with Crippen molar-refractivity contribution < 1.29 is 19.1 Å². The van der Waals surface area contributed by atoms with E-state index in [4.69, 9.17) is 4.74 Å². The summed E-state index contributed by atoms with van der Waals surface area (Å²) in [5.41, 5.74) is 0.684. The highest BCUT2D eigenvalue weighted by Gasteiger charge is 2.27. The van der Waals surface area contributed by atoms with E-state index >= 15 is 0 Å². The molecule has 2 amide bonds. The van der Waals surface area contributed by atoms with E-state index < -0.39 is 12.0 Å². The van der Waals surface area contributed by atoms with Crippen LogP contribution in [-0.4, -0.2) is 30.4 Å². The quantitative estimate of drug-likeness (QED) is 0.806. The molecule has 106 valence electrons. The summed E-state index contributed by atoms with van der Waals surface area (Å²) in [5.74, 6) is -0.949. The van der Waals surface area contributed by atoms with Crippen LogP contribution in [0.5, 0.6) is 0 Å². The number of carbonyl (C=O) groups excluding carboxylic acids is 3. The van der Waals surface area contributed by atoms with Crippen LogP contribution < -0.4 is 10.6 Å². The molecule has 0 radical (unpaired) electrons. The third kappa shape index (κ3) is 3.14. The van der Waals surface area contributed by atoms with Crippen LogP contribution in [0.15, 0.2) is 24.3 Å². The monoisotopic (exact) mass is 276 g/mol. The van der Waals surface area contributed by atoms with E-state index in [-0.39, 0.29) is 18.4 Å². The lowest BCUT2D eigenvalue weighted by atomic mass is 10.1. The lowest BCUT2D eigenvalue weighted by molar-refractivity contribution is -0.122. The highest BCUT2D eigenvalue weighted by atomic mass is 16.5. The number of carbonyl (C=O) groups is 3. The minimum absolute atomic E-state index is 0.135. The Balaban J connectivity index is 2.11. The predicted octanol–water partition coefficient (Wildman–Crippen LogP) is 1.08. The standard InChI is InChI=1S/C14H16N2O4/c1-2-20-14(19)9-5-3-4-6-10(9)16-13(18)11-7-8-12(17)15-11/h3-6,11H,2,7-8H2,1H3,(H,15,17)(H,16,18). The van der Waals surface area contributed by atoms with E-state index in [9.17, 15) is 14.4 Å². The number of nitrogens with one attached hydrogen (secondary N) is 2. The SMILES string of the molecule is CCOC(=O)c1ccccc1NC(=O)C1CCC(=O)N1. The lowest BCUT2D eigenvalue weighted by Crippen LogP contribution is -2.37. The topological polar surface area (TPSA) is 84.5 Å². The molecule has 0 aromatic heterocycles. The van der Waals surface area contributed by atoms with E-state index in [0.29, 0.717) is 24.1 Å². The molecule has 1 aromatic rings. The van der Waals surface area contributed by atoms with Gasteiger partial charge in [-0.1, -0.05) is 12.1 Å². The third-order valence-electron chi connectivity index (χ3n) is 2.99. The van der Waals surface area contributed by atoms with Gasteiger partial charge >= 0.3 is 5.97 Å². The molecule has 0 spiro atoms. The number of esters is 1. The summed E-state index contributed by atoms with van der Waals surface area (Å²) < 4.78 is 4.93. The van der Waals surface area contributed by atoms with Crippen LogP contribution in [0.1, 0.15) is 30.1 Å². The van der Waals surface area contributed by atoms with Gasteiger partial charge in [0.1, 0.15) is 6.04 Å². The number of amides is 2. The van der Waals surface area contributed by atoms with E-state index in [1.165, 1.54) is 0 Å². The maximum atomic E-state index is 12.0. The van der Waals surface area contributed by atoms with Gasteiger partial charge in [0.2, 0.25) is 11.8 Å². The molecule has 20 heavy (non-hydrogen) atoms. The third-order valence-corrected chi connectivity index (χ3v) is 2.99. The molecular formula is C14H16N2O4. The highest BCUT2D eigenvalue weighted by molar-refractivity contribution is 6.04. The van der Waals surface area contributed by atoms with E-state index in [0.717, 1.165) is 0 Å². The number of anilines is 1. The second-order valence-electron chi connectivity index (χ2n) is 4.41. The molecule has 1 atom stereocenters. The average molecular weight is 276 g/mol. The van der Waals surface area contributed by atoms with Crippen LogP contribution >= 0.6 is 0 Å². The summed E-state index contributed by atoms with van der Waals surface area (Å²) in [5, 5.41) is 5.24. The van der Waals surface area contributed by atoms with Gasteiger partial charge in [0.25, 0.3) is 0 Å². The number of hydrogen-bond acceptors (Lipinski definition) is 4. The van der Waals surface area contributed by atoms with Crippen LogP contribution in [0, 0.1) is 0 Å². The van der Waals surface area contributed by atoms with Crippen LogP contribution in [0.25, 0.3) is 0 Å². The zero-order valence-electron chi connectivity index (χ0n) is 11.1. The van der Waals surface area contributed by atoms with Crippen molar-refractivity contribution in [2.75, 3.05) is 11.9 Å². The Morgan fingerprint density at radius 3 is 2.80 bits per heavy atom.